The number of thiophene rings is 1. The molecule has 3 aromatic rings. The van der Waals surface area contributed by atoms with Gasteiger partial charge in [-0.2, -0.15) is 18.3 Å². The van der Waals surface area contributed by atoms with Crippen LogP contribution < -0.4 is 5.32 Å². The molecule has 1 atom stereocenters. The second-order valence-corrected chi connectivity index (χ2v) is 8.53. The van der Waals surface area contributed by atoms with Crippen molar-refractivity contribution in [2.24, 2.45) is 0 Å². The smallest absolute Gasteiger partial charge is 0.436 e. The maximum atomic E-state index is 13.1. The summed E-state index contributed by atoms with van der Waals surface area (Å²) in [5.74, 6) is -1.13. The first-order valence-corrected chi connectivity index (χ1v) is 10.4. The molecule has 6 nitrogen and oxygen atoms in total. The normalized spacial score (nSPS) is 12.8. The molecule has 1 aromatic carbocycles. The fourth-order valence-electron chi connectivity index (χ4n) is 2.78. The van der Waals surface area contributed by atoms with Crippen molar-refractivity contribution in [3.8, 4) is 0 Å². The minimum atomic E-state index is -4.65. The maximum Gasteiger partial charge on any atom is 0.436 e. The summed E-state index contributed by atoms with van der Waals surface area (Å²) in [7, 11) is 1.25. The number of rotatable bonds is 4. The molecule has 1 unspecified atom stereocenters. The number of anilines is 1. The third-order valence-electron chi connectivity index (χ3n) is 4.36. The van der Waals surface area contributed by atoms with Crippen molar-refractivity contribution in [1.82, 2.24) is 9.78 Å². The van der Waals surface area contributed by atoms with Gasteiger partial charge in [0.05, 0.1) is 22.3 Å². The van der Waals surface area contributed by atoms with E-state index in [1.165, 1.54) is 21.0 Å². The fraction of sp³-hybridized carbons (Fsp3) is 0.278. The van der Waals surface area contributed by atoms with Crippen LogP contribution in [0.4, 0.5) is 18.9 Å². The molecule has 2 heterocycles. The molecule has 0 aliphatic carbocycles. The predicted octanol–water partition coefficient (Wildman–Crippen LogP) is 5.83. The number of hydrogen-bond donors (Lipinski definition) is 1. The Kier molecular flexibility index (Phi) is 6.17. The number of amides is 1. The summed E-state index contributed by atoms with van der Waals surface area (Å²) in [5, 5.41) is 7.08. The molecule has 2 aromatic heterocycles. The van der Waals surface area contributed by atoms with Crippen LogP contribution in [0.2, 0.25) is 5.02 Å². The Hall–Kier alpha value is -2.11. The molecule has 0 saturated heterocycles. The van der Waals surface area contributed by atoms with E-state index in [0.29, 0.717) is 15.8 Å². The quantitative estimate of drug-likeness (QED) is 0.436. The minimum Gasteiger partial charge on any atom is -0.465 e. The summed E-state index contributed by atoms with van der Waals surface area (Å²) in [6.45, 7) is 2.88. The van der Waals surface area contributed by atoms with Crippen LogP contribution in [0, 0.1) is 6.92 Å². The highest BCUT2D eigenvalue weighted by Gasteiger charge is 2.39. The van der Waals surface area contributed by atoms with E-state index in [1.807, 2.05) is 0 Å². The van der Waals surface area contributed by atoms with Gasteiger partial charge < -0.3 is 10.1 Å². The van der Waals surface area contributed by atoms with Crippen molar-refractivity contribution in [3.05, 3.63) is 44.0 Å². The number of nitrogens with one attached hydrogen (secondary N) is 1. The van der Waals surface area contributed by atoms with Crippen molar-refractivity contribution < 1.29 is 27.5 Å². The molecule has 30 heavy (non-hydrogen) atoms. The van der Waals surface area contributed by atoms with Gasteiger partial charge in [0.25, 0.3) is 0 Å². The monoisotopic (exact) mass is 523 g/mol. The largest absolute Gasteiger partial charge is 0.465 e. The van der Waals surface area contributed by atoms with Crippen LogP contribution in [0.15, 0.2) is 22.7 Å². The number of methoxy groups -OCH3 is 1. The number of carbonyl (C=O) groups is 2. The zero-order chi connectivity index (χ0) is 22.4. The van der Waals surface area contributed by atoms with E-state index in [9.17, 15) is 22.8 Å². The van der Waals surface area contributed by atoms with Crippen LogP contribution in [0.25, 0.3) is 10.1 Å². The first kappa shape index (κ1) is 22.6. The molecule has 0 saturated carbocycles. The zero-order valence-corrected chi connectivity index (χ0v) is 18.9. The van der Waals surface area contributed by atoms with E-state index in [1.54, 1.807) is 18.2 Å². The van der Waals surface area contributed by atoms with Crippen molar-refractivity contribution in [1.29, 1.82) is 0 Å². The van der Waals surface area contributed by atoms with Crippen LogP contribution in [-0.2, 0) is 15.7 Å². The van der Waals surface area contributed by atoms with Crippen LogP contribution in [0.5, 0.6) is 0 Å². The van der Waals surface area contributed by atoms with E-state index >= 15 is 0 Å². The zero-order valence-electron chi connectivity index (χ0n) is 15.7. The number of ether oxygens (including phenoxy) is 1. The summed E-state index contributed by atoms with van der Waals surface area (Å²) >= 11 is 10.2. The molecule has 160 valence electrons. The number of hydrogen-bond acceptors (Lipinski definition) is 5. The van der Waals surface area contributed by atoms with E-state index in [4.69, 9.17) is 16.3 Å². The number of fused-ring (bicyclic) bond motifs is 1. The van der Waals surface area contributed by atoms with E-state index in [0.717, 1.165) is 16.0 Å². The van der Waals surface area contributed by atoms with Crippen LogP contribution in [0.3, 0.4) is 0 Å². The molecule has 0 radical (unpaired) electrons. The Balaban J connectivity index is 1.87. The molecular weight excluding hydrogens is 511 g/mol. The van der Waals surface area contributed by atoms with Crippen molar-refractivity contribution in [3.63, 3.8) is 0 Å². The number of halogens is 5. The van der Waals surface area contributed by atoms with Crippen LogP contribution >= 0.6 is 38.9 Å². The molecule has 0 spiro atoms. The van der Waals surface area contributed by atoms with Gasteiger partial charge in [0, 0.05) is 15.8 Å². The topological polar surface area (TPSA) is 73.2 Å². The van der Waals surface area contributed by atoms with Gasteiger partial charge in [-0.1, -0.05) is 11.6 Å². The Morgan fingerprint density at radius 1 is 1.37 bits per heavy atom. The van der Waals surface area contributed by atoms with E-state index in [2.05, 4.69) is 26.3 Å². The SMILES string of the molecule is COC(=O)c1sc2cc(NC(=O)C(C)n3nc(C(F)(F)F)c(Br)c3C)ccc2c1Cl. The van der Waals surface area contributed by atoms with Gasteiger partial charge >= 0.3 is 12.1 Å². The third kappa shape index (κ3) is 4.06. The molecule has 1 amide bonds. The van der Waals surface area contributed by atoms with Gasteiger partial charge in [-0.25, -0.2) is 4.79 Å². The summed E-state index contributed by atoms with van der Waals surface area (Å²) < 4.78 is 45.3. The van der Waals surface area contributed by atoms with Gasteiger partial charge in [-0.05, 0) is 48.0 Å². The lowest BCUT2D eigenvalue weighted by atomic mass is 10.2. The molecule has 3 rings (SSSR count). The molecule has 0 aliphatic rings. The Bertz CT molecular complexity index is 1160. The molecule has 0 bridgehead atoms. The number of carbonyl (C=O) groups excluding carboxylic acids is 2. The maximum absolute atomic E-state index is 13.1. The highest BCUT2D eigenvalue weighted by atomic mass is 79.9. The Morgan fingerprint density at radius 3 is 2.60 bits per heavy atom. The second-order valence-electron chi connectivity index (χ2n) is 6.30. The lowest BCUT2D eigenvalue weighted by Crippen LogP contribution is -2.25. The summed E-state index contributed by atoms with van der Waals surface area (Å²) in [5.41, 5.74) is -0.522. The third-order valence-corrected chi connectivity index (χ3v) is 6.95. The Labute approximate surface area is 186 Å². The van der Waals surface area contributed by atoms with Crippen molar-refractivity contribution >= 4 is 66.5 Å². The van der Waals surface area contributed by atoms with Crippen LogP contribution in [-0.4, -0.2) is 28.8 Å². The van der Waals surface area contributed by atoms with E-state index < -0.39 is 29.8 Å². The second kappa shape index (κ2) is 8.20. The van der Waals surface area contributed by atoms with Gasteiger partial charge in [-0.3, -0.25) is 9.48 Å². The average Bonchev–Trinajstić information content (AvgIpc) is 3.17. The Morgan fingerprint density at radius 2 is 2.03 bits per heavy atom. The lowest BCUT2D eigenvalue weighted by molar-refractivity contribution is -0.142. The number of nitrogens with zero attached hydrogens (tertiary/aromatic N) is 2. The molecular formula is C18H14BrClF3N3O3S. The molecule has 12 heteroatoms. The number of benzene rings is 1. The minimum absolute atomic E-state index is 0.174. The summed E-state index contributed by atoms with van der Waals surface area (Å²) in [6, 6.07) is 3.83. The van der Waals surface area contributed by atoms with Crippen LogP contribution in [0.1, 0.15) is 34.0 Å². The highest BCUT2D eigenvalue weighted by molar-refractivity contribution is 9.10. The summed E-state index contributed by atoms with van der Waals surface area (Å²) in [4.78, 5) is 24.7. The number of aromatic nitrogens is 2. The van der Waals surface area contributed by atoms with Gasteiger partial charge in [0.1, 0.15) is 10.9 Å². The van der Waals surface area contributed by atoms with Gasteiger partial charge in [-0.15, -0.1) is 11.3 Å². The highest BCUT2D eigenvalue weighted by Crippen LogP contribution is 2.38. The van der Waals surface area contributed by atoms with Gasteiger partial charge in [0.2, 0.25) is 5.91 Å². The summed E-state index contributed by atoms with van der Waals surface area (Å²) in [6.07, 6.45) is -4.65. The average molecular weight is 525 g/mol. The van der Waals surface area contributed by atoms with Crippen molar-refractivity contribution in [2.75, 3.05) is 12.4 Å². The molecule has 1 N–H and O–H groups in total. The first-order chi connectivity index (χ1) is 14.0. The number of alkyl halides is 3. The first-order valence-electron chi connectivity index (χ1n) is 8.38. The number of esters is 1. The van der Waals surface area contributed by atoms with Crippen molar-refractivity contribution in [2.45, 2.75) is 26.1 Å². The molecule has 0 aliphatic heterocycles. The fourth-order valence-corrected chi connectivity index (χ4v) is 4.73. The van der Waals surface area contributed by atoms with E-state index in [-0.39, 0.29) is 20.1 Å². The molecule has 0 fully saturated rings. The van der Waals surface area contributed by atoms with Gasteiger partial charge in [0.15, 0.2) is 5.69 Å². The predicted molar refractivity (Wildman–Crippen MR) is 111 cm³/mol. The lowest BCUT2D eigenvalue weighted by Gasteiger charge is -2.14. The standard InChI is InChI=1S/C18H14BrClF3N3O3S/c1-7-12(19)15(18(21,22)23)25-26(7)8(2)16(27)24-9-4-5-10-11(6-9)30-14(13(10)20)17(28)29-3/h4-6,8H,1-3H3,(H,24,27).